The Morgan fingerprint density at radius 3 is 2.39 bits per heavy atom. The molecule has 5 aromatic rings. The van der Waals surface area contributed by atoms with Gasteiger partial charge in [0.1, 0.15) is 11.4 Å². The summed E-state index contributed by atoms with van der Waals surface area (Å²) in [5.41, 5.74) is 4.75. The van der Waals surface area contributed by atoms with E-state index in [9.17, 15) is 5.11 Å². The van der Waals surface area contributed by atoms with Gasteiger partial charge in [-0.25, -0.2) is 9.97 Å². The van der Waals surface area contributed by atoms with Gasteiger partial charge in [0.2, 0.25) is 5.88 Å². The van der Waals surface area contributed by atoms with Crippen LogP contribution in [-0.2, 0) is 13.1 Å². The summed E-state index contributed by atoms with van der Waals surface area (Å²) >= 11 is 0. The molecule has 0 unspecified atom stereocenters. The maximum Gasteiger partial charge on any atom is 0.221 e. The lowest BCUT2D eigenvalue weighted by atomic mass is 10.1. The van der Waals surface area contributed by atoms with Gasteiger partial charge in [0.25, 0.3) is 0 Å². The van der Waals surface area contributed by atoms with Crippen LogP contribution >= 0.6 is 0 Å². The van der Waals surface area contributed by atoms with Crippen molar-refractivity contribution in [2.75, 3.05) is 0 Å². The molecule has 0 radical (unpaired) electrons. The number of hydrogen-bond donors (Lipinski definition) is 2. The van der Waals surface area contributed by atoms with Gasteiger partial charge in [-0.2, -0.15) is 0 Å². The number of aliphatic imine (C=N–C) groups is 1. The highest BCUT2D eigenvalue weighted by atomic mass is 16.3. The number of nitrogens with one attached hydrogen (secondary N) is 1. The maximum absolute atomic E-state index is 11.0. The lowest BCUT2D eigenvalue weighted by Crippen LogP contribution is -2.07. The van der Waals surface area contributed by atoms with Crippen molar-refractivity contribution in [1.29, 1.82) is 0 Å². The molecule has 3 heterocycles. The van der Waals surface area contributed by atoms with Crippen molar-refractivity contribution >= 4 is 16.7 Å². The minimum Gasteiger partial charge on any atom is -0.493 e. The fourth-order valence-corrected chi connectivity index (χ4v) is 3.57. The molecule has 0 atom stereocenters. The van der Waals surface area contributed by atoms with Gasteiger partial charge in [-0.1, -0.05) is 60.7 Å². The van der Waals surface area contributed by atoms with Crippen LogP contribution in [0.4, 0.5) is 0 Å². The van der Waals surface area contributed by atoms with Gasteiger partial charge in [0.05, 0.1) is 25.1 Å². The van der Waals surface area contributed by atoms with E-state index in [1.807, 2.05) is 78.9 Å². The molecule has 5 rings (SSSR count). The number of H-pyrrole nitrogens is 1. The van der Waals surface area contributed by atoms with Crippen molar-refractivity contribution < 1.29 is 5.11 Å². The van der Waals surface area contributed by atoms with E-state index < -0.39 is 0 Å². The number of nitrogens with zero attached hydrogens (tertiary/aromatic N) is 4. The molecular formula is C25H21N5O. The van der Waals surface area contributed by atoms with E-state index in [1.165, 1.54) is 0 Å². The highest BCUT2D eigenvalue weighted by molar-refractivity contribution is 6.13. The van der Waals surface area contributed by atoms with E-state index in [-0.39, 0.29) is 5.88 Å². The predicted molar refractivity (Wildman–Crippen MR) is 121 cm³/mol. The quantitative estimate of drug-likeness (QED) is 0.405. The van der Waals surface area contributed by atoms with Crippen LogP contribution in [0.1, 0.15) is 22.5 Å². The minimum atomic E-state index is 0.0854. The first kappa shape index (κ1) is 18.8. The topological polar surface area (TPSA) is 79.1 Å². The largest absolute Gasteiger partial charge is 0.493 e. The van der Waals surface area contributed by atoms with E-state index in [2.05, 4.69) is 15.0 Å². The normalized spacial score (nSPS) is 11.8. The second kappa shape index (κ2) is 8.28. The summed E-state index contributed by atoms with van der Waals surface area (Å²) in [6.07, 6.45) is 3.39. The van der Waals surface area contributed by atoms with Crippen LogP contribution in [0.25, 0.3) is 11.0 Å². The molecular weight excluding hydrogens is 386 g/mol. The van der Waals surface area contributed by atoms with Gasteiger partial charge in [0, 0.05) is 11.6 Å². The zero-order valence-electron chi connectivity index (χ0n) is 16.8. The molecule has 0 aliphatic rings. The fraction of sp³-hybridized carbons (Fsp3) is 0.0800. The first-order valence-electron chi connectivity index (χ1n) is 10.1. The molecule has 0 spiro atoms. The van der Waals surface area contributed by atoms with E-state index in [1.54, 1.807) is 17.1 Å². The van der Waals surface area contributed by atoms with Crippen LogP contribution in [0.5, 0.6) is 5.88 Å². The molecule has 0 aliphatic heterocycles. The van der Waals surface area contributed by atoms with Gasteiger partial charge in [-0.3, -0.25) is 9.56 Å². The summed E-state index contributed by atoms with van der Waals surface area (Å²) in [5.74, 6) is 0.0854. The zero-order chi connectivity index (χ0) is 21.0. The summed E-state index contributed by atoms with van der Waals surface area (Å²) in [6.45, 7) is 1.00. The van der Waals surface area contributed by atoms with Gasteiger partial charge >= 0.3 is 0 Å². The number of imidazole rings is 1. The number of benzene rings is 2. The third-order valence-electron chi connectivity index (χ3n) is 5.14. The molecule has 0 saturated carbocycles. The summed E-state index contributed by atoms with van der Waals surface area (Å²) in [6, 6.07) is 25.9. The summed E-state index contributed by atoms with van der Waals surface area (Å²) in [5, 5.41) is 12.0. The Bertz CT molecular complexity index is 1300. The number of pyridine rings is 1. The van der Waals surface area contributed by atoms with Crippen molar-refractivity contribution in [2.24, 2.45) is 4.99 Å². The van der Waals surface area contributed by atoms with Crippen molar-refractivity contribution in [3.05, 3.63) is 114 Å². The Morgan fingerprint density at radius 1 is 0.903 bits per heavy atom. The van der Waals surface area contributed by atoms with Gasteiger partial charge in [-0.15, -0.1) is 0 Å². The Hall–Kier alpha value is -4.19. The number of aromatic nitrogens is 4. The lowest BCUT2D eigenvalue weighted by Gasteiger charge is -2.07. The monoisotopic (exact) mass is 407 g/mol. The van der Waals surface area contributed by atoms with Crippen molar-refractivity contribution in [3.8, 4) is 5.88 Å². The summed E-state index contributed by atoms with van der Waals surface area (Å²) in [7, 11) is 0. The van der Waals surface area contributed by atoms with Gasteiger partial charge in [0.15, 0.2) is 5.69 Å². The van der Waals surface area contributed by atoms with Crippen LogP contribution in [0.15, 0.2) is 96.4 Å². The molecule has 6 heteroatoms. The van der Waals surface area contributed by atoms with Crippen LogP contribution in [0.3, 0.4) is 0 Å². The van der Waals surface area contributed by atoms with Gasteiger partial charge in [-0.05, 0) is 29.3 Å². The Balaban J connectivity index is 1.55. The summed E-state index contributed by atoms with van der Waals surface area (Å²) < 4.78 is 1.73. The van der Waals surface area contributed by atoms with Crippen LogP contribution in [0.2, 0.25) is 0 Å². The summed E-state index contributed by atoms with van der Waals surface area (Å²) in [4.78, 5) is 17.0. The van der Waals surface area contributed by atoms with Crippen molar-refractivity contribution in [2.45, 2.75) is 13.1 Å². The third-order valence-corrected chi connectivity index (χ3v) is 5.14. The second-order valence-electron chi connectivity index (χ2n) is 7.30. The molecule has 6 nitrogen and oxygen atoms in total. The average Bonchev–Trinajstić information content (AvgIpc) is 3.40. The molecule has 0 aliphatic carbocycles. The smallest absolute Gasteiger partial charge is 0.221 e. The third kappa shape index (κ3) is 3.96. The van der Waals surface area contributed by atoms with E-state index in [0.29, 0.717) is 24.5 Å². The first-order valence-corrected chi connectivity index (χ1v) is 10.1. The standard InChI is InChI=1S/C25H21N5O/c31-25-23(28-17-30(25)16-19-10-5-2-6-11-19)22(27-15-18-8-3-1-4-9-18)21-14-20-12-7-13-26-24(20)29-21/h1-14,17,31H,15-16H2,(H,26,29). The SMILES string of the molecule is Oc1c(C(=NCc2ccccc2)c2cc3cccnc3[nH]2)ncn1Cc1ccccc1. The molecule has 0 amide bonds. The number of aromatic hydroxyl groups is 1. The first-order chi connectivity index (χ1) is 15.3. The van der Waals surface area contributed by atoms with E-state index >= 15 is 0 Å². The minimum absolute atomic E-state index is 0.0854. The lowest BCUT2D eigenvalue weighted by molar-refractivity contribution is 0.423. The van der Waals surface area contributed by atoms with E-state index in [4.69, 9.17) is 4.99 Å². The van der Waals surface area contributed by atoms with Crippen molar-refractivity contribution in [1.82, 2.24) is 19.5 Å². The second-order valence-corrected chi connectivity index (χ2v) is 7.30. The maximum atomic E-state index is 11.0. The van der Waals surface area contributed by atoms with Crippen molar-refractivity contribution in [3.63, 3.8) is 0 Å². The number of fused-ring (bicyclic) bond motifs is 1. The predicted octanol–water partition coefficient (Wildman–Crippen LogP) is 4.55. The molecule has 2 aromatic carbocycles. The molecule has 2 N–H and O–H groups in total. The van der Waals surface area contributed by atoms with Gasteiger partial charge < -0.3 is 10.1 Å². The zero-order valence-corrected chi connectivity index (χ0v) is 16.8. The molecule has 3 aromatic heterocycles. The fourth-order valence-electron chi connectivity index (χ4n) is 3.57. The average molecular weight is 407 g/mol. The van der Waals surface area contributed by atoms with E-state index in [0.717, 1.165) is 27.9 Å². The number of hydrogen-bond acceptors (Lipinski definition) is 4. The Kier molecular flexibility index (Phi) is 5.02. The highest BCUT2D eigenvalue weighted by Gasteiger charge is 2.19. The van der Waals surface area contributed by atoms with Crippen LogP contribution < -0.4 is 0 Å². The molecule has 0 fully saturated rings. The van der Waals surface area contributed by atoms with Crippen LogP contribution in [0, 0.1) is 0 Å². The number of rotatable bonds is 6. The molecule has 0 bridgehead atoms. The Labute approximate surface area is 179 Å². The molecule has 0 saturated heterocycles. The van der Waals surface area contributed by atoms with Crippen LogP contribution in [-0.4, -0.2) is 30.3 Å². The number of aromatic amines is 1. The molecule has 152 valence electrons. The highest BCUT2D eigenvalue weighted by Crippen LogP contribution is 2.23. The Morgan fingerprint density at radius 2 is 1.65 bits per heavy atom. The molecule has 31 heavy (non-hydrogen) atoms.